The summed E-state index contributed by atoms with van der Waals surface area (Å²) in [6.07, 6.45) is 2.71. The molecule has 1 saturated carbocycles. The maximum atomic E-state index is 5.59. The van der Waals surface area contributed by atoms with Gasteiger partial charge in [0.25, 0.3) is 0 Å². The highest BCUT2D eigenvalue weighted by molar-refractivity contribution is 5.81. The molecule has 0 bridgehead atoms. The van der Waals surface area contributed by atoms with Gasteiger partial charge in [-0.15, -0.1) is 0 Å². The van der Waals surface area contributed by atoms with Crippen LogP contribution in [0, 0.1) is 0 Å². The van der Waals surface area contributed by atoms with Crippen LogP contribution in [0.2, 0.25) is 0 Å². The van der Waals surface area contributed by atoms with E-state index in [1.165, 1.54) is 10.9 Å². The van der Waals surface area contributed by atoms with Crippen molar-refractivity contribution < 1.29 is 4.74 Å². The first kappa shape index (κ1) is 13.6. The van der Waals surface area contributed by atoms with Crippen LogP contribution in [-0.2, 0) is 17.8 Å². The zero-order chi connectivity index (χ0) is 13.9. The Kier molecular flexibility index (Phi) is 4.03. The number of ether oxygens (including phenoxy) is 1. The number of nitrogens with zero attached hydrogens (tertiary/aromatic N) is 2. The van der Waals surface area contributed by atoms with Gasteiger partial charge < -0.3 is 10.1 Å². The Hall–Kier alpha value is -1.39. The zero-order valence-corrected chi connectivity index (χ0v) is 12.3. The summed E-state index contributed by atoms with van der Waals surface area (Å²) in [5.74, 6) is 0. The van der Waals surface area contributed by atoms with Crippen LogP contribution >= 0.6 is 0 Å². The second-order valence-corrected chi connectivity index (χ2v) is 5.41. The predicted octanol–water partition coefficient (Wildman–Crippen LogP) is 2.71. The molecule has 1 heterocycles. The van der Waals surface area contributed by atoms with Gasteiger partial charge in [-0.2, -0.15) is 5.10 Å². The number of fused-ring (bicyclic) bond motifs is 1. The van der Waals surface area contributed by atoms with Crippen molar-refractivity contribution in [2.45, 2.75) is 51.9 Å². The van der Waals surface area contributed by atoms with Crippen molar-refractivity contribution in [3.8, 4) is 0 Å². The Morgan fingerprint density at radius 3 is 2.85 bits per heavy atom. The van der Waals surface area contributed by atoms with Gasteiger partial charge in [-0.1, -0.05) is 18.2 Å². The molecular formula is C16H23N3O. The number of para-hydroxylation sites is 1. The quantitative estimate of drug-likeness (QED) is 0.879. The molecule has 2 aromatic rings. The van der Waals surface area contributed by atoms with Gasteiger partial charge in [0.15, 0.2) is 0 Å². The molecule has 0 unspecified atom stereocenters. The highest BCUT2D eigenvalue weighted by Crippen LogP contribution is 2.24. The van der Waals surface area contributed by atoms with Crippen LogP contribution in [0.4, 0.5) is 0 Å². The highest BCUT2D eigenvalue weighted by Gasteiger charge is 2.29. The van der Waals surface area contributed by atoms with Crippen LogP contribution in [0.3, 0.4) is 0 Å². The summed E-state index contributed by atoms with van der Waals surface area (Å²) in [6, 6.07) is 9.05. The van der Waals surface area contributed by atoms with Crippen molar-refractivity contribution in [2.75, 3.05) is 6.61 Å². The monoisotopic (exact) mass is 273 g/mol. The first-order valence-corrected chi connectivity index (χ1v) is 7.61. The molecule has 1 fully saturated rings. The van der Waals surface area contributed by atoms with Crippen molar-refractivity contribution >= 4 is 10.9 Å². The number of aryl methyl sites for hydroxylation is 1. The summed E-state index contributed by atoms with van der Waals surface area (Å²) in [5.41, 5.74) is 2.38. The van der Waals surface area contributed by atoms with E-state index in [0.717, 1.165) is 38.2 Å². The van der Waals surface area contributed by atoms with Crippen molar-refractivity contribution in [2.24, 2.45) is 0 Å². The van der Waals surface area contributed by atoms with Gasteiger partial charge in [0, 0.05) is 31.1 Å². The Labute approximate surface area is 120 Å². The number of benzene rings is 1. The number of rotatable bonds is 6. The molecule has 0 atom stereocenters. The van der Waals surface area contributed by atoms with Gasteiger partial charge in [-0.25, -0.2) is 0 Å². The minimum absolute atomic E-state index is 0.461. The molecule has 1 aromatic carbocycles. The van der Waals surface area contributed by atoms with Crippen molar-refractivity contribution in [3.63, 3.8) is 0 Å². The maximum absolute atomic E-state index is 5.59. The van der Waals surface area contributed by atoms with Crippen LogP contribution in [-0.4, -0.2) is 28.5 Å². The predicted molar refractivity (Wildman–Crippen MR) is 80.7 cm³/mol. The number of aromatic nitrogens is 2. The van der Waals surface area contributed by atoms with Crippen molar-refractivity contribution in [3.05, 3.63) is 30.0 Å². The Bertz CT molecular complexity index is 572. The van der Waals surface area contributed by atoms with E-state index in [1.807, 2.05) is 0 Å². The molecule has 20 heavy (non-hydrogen) atoms. The molecule has 1 aliphatic rings. The van der Waals surface area contributed by atoms with E-state index < -0.39 is 0 Å². The average Bonchev–Trinajstić information content (AvgIpc) is 2.79. The summed E-state index contributed by atoms with van der Waals surface area (Å²) in [5, 5.41) is 9.58. The molecule has 4 heteroatoms. The van der Waals surface area contributed by atoms with Crippen LogP contribution in [0.1, 0.15) is 32.4 Å². The van der Waals surface area contributed by atoms with Gasteiger partial charge in [0.05, 0.1) is 17.3 Å². The fourth-order valence-corrected chi connectivity index (χ4v) is 2.91. The van der Waals surface area contributed by atoms with Crippen LogP contribution in [0.25, 0.3) is 10.9 Å². The van der Waals surface area contributed by atoms with Gasteiger partial charge in [-0.05, 0) is 32.8 Å². The molecular weight excluding hydrogens is 250 g/mol. The average molecular weight is 273 g/mol. The van der Waals surface area contributed by atoms with E-state index >= 15 is 0 Å². The number of nitrogens with one attached hydrogen (secondary N) is 1. The first-order valence-electron chi connectivity index (χ1n) is 7.61. The third kappa shape index (κ3) is 2.58. The summed E-state index contributed by atoms with van der Waals surface area (Å²) < 4.78 is 7.67. The summed E-state index contributed by atoms with van der Waals surface area (Å²) in [4.78, 5) is 0. The molecule has 0 spiro atoms. The van der Waals surface area contributed by atoms with Crippen molar-refractivity contribution in [1.82, 2.24) is 15.1 Å². The summed E-state index contributed by atoms with van der Waals surface area (Å²) in [6.45, 7) is 6.77. The lowest BCUT2D eigenvalue weighted by Gasteiger charge is -2.35. The van der Waals surface area contributed by atoms with E-state index in [0.29, 0.717) is 12.1 Å². The van der Waals surface area contributed by atoms with E-state index in [4.69, 9.17) is 9.84 Å². The molecule has 1 aromatic heterocycles. The molecule has 0 aliphatic heterocycles. The normalized spacial score (nSPS) is 22.1. The maximum Gasteiger partial charge on any atom is 0.0841 e. The van der Waals surface area contributed by atoms with Gasteiger partial charge in [-0.3, -0.25) is 4.68 Å². The van der Waals surface area contributed by atoms with E-state index in [-0.39, 0.29) is 0 Å². The van der Waals surface area contributed by atoms with Crippen LogP contribution in [0.5, 0.6) is 0 Å². The largest absolute Gasteiger partial charge is 0.378 e. The molecule has 3 rings (SSSR count). The second-order valence-electron chi connectivity index (χ2n) is 5.41. The lowest BCUT2D eigenvalue weighted by atomic mass is 9.89. The third-order valence-electron chi connectivity index (χ3n) is 4.09. The molecule has 0 radical (unpaired) electrons. The summed E-state index contributed by atoms with van der Waals surface area (Å²) >= 11 is 0. The fourth-order valence-electron chi connectivity index (χ4n) is 2.91. The second kappa shape index (κ2) is 5.94. The number of hydrogen-bond donors (Lipinski definition) is 1. The lowest BCUT2D eigenvalue weighted by Crippen LogP contribution is -2.45. The smallest absolute Gasteiger partial charge is 0.0841 e. The van der Waals surface area contributed by atoms with E-state index in [1.54, 1.807) is 0 Å². The molecule has 0 amide bonds. The summed E-state index contributed by atoms with van der Waals surface area (Å²) in [7, 11) is 0. The SMILES string of the molecule is CCOC1CC(NCc2nn(CC)c3ccccc23)C1. The minimum atomic E-state index is 0.461. The molecule has 108 valence electrons. The Morgan fingerprint density at radius 1 is 1.30 bits per heavy atom. The van der Waals surface area contributed by atoms with Crippen molar-refractivity contribution in [1.29, 1.82) is 0 Å². The van der Waals surface area contributed by atoms with Gasteiger partial charge in [0.1, 0.15) is 0 Å². The molecule has 0 saturated heterocycles. The zero-order valence-electron chi connectivity index (χ0n) is 12.3. The van der Waals surface area contributed by atoms with Gasteiger partial charge >= 0.3 is 0 Å². The highest BCUT2D eigenvalue weighted by atomic mass is 16.5. The standard InChI is InChI=1S/C16H23N3O/c1-3-19-16-8-6-5-7-14(16)15(18-19)11-17-12-9-13(10-12)20-4-2/h5-8,12-13,17H,3-4,9-11H2,1-2H3. The molecule has 1 N–H and O–H groups in total. The Morgan fingerprint density at radius 2 is 2.10 bits per heavy atom. The molecule has 4 nitrogen and oxygen atoms in total. The first-order chi connectivity index (χ1) is 9.81. The third-order valence-corrected chi connectivity index (χ3v) is 4.09. The number of hydrogen-bond acceptors (Lipinski definition) is 3. The fraction of sp³-hybridized carbons (Fsp3) is 0.562. The van der Waals surface area contributed by atoms with Crippen LogP contribution < -0.4 is 5.32 Å². The topological polar surface area (TPSA) is 39.1 Å². The van der Waals surface area contributed by atoms with Crippen LogP contribution in [0.15, 0.2) is 24.3 Å². The van der Waals surface area contributed by atoms with Gasteiger partial charge in [0.2, 0.25) is 0 Å². The molecule has 1 aliphatic carbocycles. The minimum Gasteiger partial charge on any atom is -0.378 e. The Balaban J connectivity index is 1.64. The van der Waals surface area contributed by atoms with E-state index in [2.05, 4.69) is 48.1 Å². The van der Waals surface area contributed by atoms with E-state index in [9.17, 15) is 0 Å². The lowest BCUT2D eigenvalue weighted by molar-refractivity contribution is -0.0102.